The number of ether oxygens (including phenoxy) is 1. The van der Waals surface area contributed by atoms with Crippen LogP contribution in [0.4, 0.5) is 11.6 Å². The molecule has 1 N–H and O–H groups in total. The van der Waals surface area contributed by atoms with Gasteiger partial charge in [0.1, 0.15) is 5.75 Å². The molecule has 1 amide bonds. The second kappa shape index (κ2) is 7.92. The Morgan fingerprint density at radius 2 is 1.81 bits per heavy atom. The molecule has 0 bridgehead atoms. The molecular weight excluding hydrogens is 408 g/mol. The first-order valence-corrected chi connectivity index (χ1v) is 9.68. The summed E-state index contributed by atoms with van der Waals surface area (Å²) in [5, 5.41) is 2.87. The van der Waals surface area contributed by atoms with Crippen molar-refractivity contribution in [1.82, 2.24) is 9.97 Å². The molecule has 27 heavy (non-hydrogen) atoms. The van der Waals surface area contributed by atoms with Gasteiger partial charge in [0, 0.05) is 17.6 Å². The van der Waals surface area contributed by atoms with Crippen LogP contribution >= 0.6 is 15.9 Å². The van der Waals surface area contributed by atoms with Crippen LogP contribution in [0.25, 0.3) is 11.0 Å². The SMILES string of the molecule is O=C(COc1cccc(Br)c1)Nc1nc2ccccc2nc1N1CCCC1. The zero-order chi connectivity index (χ0) is 18.6. The van der Waals surface area contributed by atoms with Crippen LogP contribution in [0.1, 0.15) is 12.8 Å². The van der Waals surface area contributed by atoms with Crippen molar-refractivity contribution in [1.29, 1.82) is 0 Å². The Hall–Kier alpha value is -2.67. The Bertz CT molecular complexity index is 973. The predicted octanol–water partition coefficient (Wildman–Crippen LogP) is 4.01. The van der Waals surface area contributed by atoms with Crippen LogP contribution in [-0.2, 0) is 4.79 Å². The number of hydrogen-bond acceptors (Lipinski definition) is 5. The van der Waals surface area contributed by atoms with E-state index < -0.39 is 0 Å². The molecule has 2 heterocycles. The molecule has 0 atom stereocenters. The molecular formula is C20H19BrN4O2. The van der Waals surface area contributed by atoms with Gasteiger partial charge in [0.05, 0.1) is 11.0 Å². The number of carbonyl (C=O) groups excluding carboxylic acids is 1. The number of fused-ring (bicyclic) bond motifs is 1. The maximum atomic E-state index is 12.4. The minimum atomic E-state index is -0.264. The van der Waals surface area contributed by atoms with Gasteiger partial charge in [-0.3, -0.25) is 4.79 Å². The average Bonchev–Trinajstić information content (AvgIpc) is 3.20. The van der Waals surface area contributed by atoms with Gasteiger partial charge >= 0.3 is 0 Å². The van der Waals surface area contributed by atoms with E-state index in [0.29, 0.717) is 11.6 Å². The summed E-state index contributed by atoms with van der Waals surface area (Å²) in [5.74, 6) is 1.57. The van der Waals surface area contributed by atoms with Gasteiger partial charge in [-0.2, -0.15) is 0 Å². The number of nitrogens with zero attached hydrogens (tertiary/aromatic N) is 3. The van der Waals surface area contributed by atoms with Gasteiger partial charge in [-0.05, 0) is 43.2 Å². The van der Waals surface area contributed by atoms with E-state index in [-0.39, 0.29) is 12.5 Å². The fourth-order valence-electron chi connectivity index (χ4n) is 3.10. The molecule has 0 radical (unpaired) electrons. The first-order valence-electron chi connectivity index (χ1n) is 8.89. The van der Waals surface area contributed by atoms with Gasteiger partial charge in [-0.25, -0.2) is 9.97 Å². The predicted molar refractivity (Wildman–Crippen MR) is 109 cm³/mol. The lowest BCUT2D eigenvalue weighted by atomic mass is 10.3. The first kappa shape index (κ1) is 17.7. The Morgan fingerprint density at radius 1 is 1.07 bits per heavy atom. The molecule has 138 valence electrons. The number of anilines is 2. The molecule has 0 unspecified atom stereocenters. The Kier molecular flexibility index (Phi) is 5.20. The van der Waals surface area contributed by atoms with Crippen LogP contribution in [0.2, 0.25) is 0 Å². The minimum Gasteiger partial charge on any atom is -0.484 e. The number of nitrogens with one attached hydrogen (secondary N) is 1. The summed E-state index contributed by atoms with van der Waals surface area (Å²) in [7, 11) is 0. The van der Waals surface area contributed by atoms with Crippen molar-refractivity contribution >= 4 is 44.5 Å². The molecule has 3 aromatic rings. The van der Waals surface area contributed by atoms with E-state index in [1.165, 1.54) is 0 Å². The molecule has 1 aromatic heterocycles. The van der Waals surface area contributed by atoms with Gasteiger partial charge in [0.2, 0.25) is 0 Å². The summed E-state index contributed by atoms with van der Waals surface area (Å²) in [6.45, 7) is 1.75. The zero-order valence-corrected chi connectivity index (χ0v) is 16.3. The monoisotopic (exact) mass is 426 g/mol. The van der Waals surface area contributed by atoms with Crippen molar-refractivity contribution in [2.24, 2.45) is 0 Å². The van der Waals surface area contributed by atoms with Crippen LogP contribution in [0.3, 0.4) is 0 Å². The van der Waals surface area contributed by atoms with Crippen LogP contribution in [0, 0.1) is 0 Å². The highest BCUT2D eigenvalue weighted by Gasteiger charge is 2.20. The lowest BCUT2D eigenvalue weighted by molar-refractivity contribution is -0.118. The molecule has 7 heteroatoms. The number of amides is 1. The average molecular weight is 427 g/mol. The van der Waals surface area contributed by atoms with Crippen molar-refractivity contribution in [3.05, 3.63) is 53.0 Å². The molecule has 1 saturated heterocycles. The number of rotatable bonds is 5. The second-order valence-corrected chi connectivity index (χ2v) is 7.29. The van der Waals surface area contributed by atoms with Gasteiger partial charge in [-0.1, -0.05) is 34.1 Å². The number of halogens is 1. The van der Waals surface area contributed by atoms with Crippen molar-refractivity contribution in [2.45, 2.75) is 12.8 Å². The van der Waals surface area contributed by atoms with Gasteiger partial charge < -0.3 is 15.0 Å². The zero-order valence-electron chi connectivity index (χ0n) is 14.7. The smallest absolute Gasteiger partial charge is 0.263 e. The highest BCUT2D eigenvalue weighted by molar-refractivity contribution is 9.10. The third-order valence-corrected chi connectivity index (χ3v) is 4.87. The maximum Gasteiger partial charge on any atom is 0.263 e. The van der Waals surface area contributed by atoms with Crippen molar-refractivity contribution < 1.29 is 9.53 Å². The number of benzene rings is 2. The topological polar surface area (TPSA) is 67.3 Å². The third-order valence-electron chi connectivity index (χ3n) is 4.38. The number of aromatic nitrogens is 2. The summed E-state index contributed by atoms with van der Waals surface area (Å²) in [5.41, 5.74) is 1.58. The minimum absolute atomic E-state index is 0.0929. The van der Waals surface area contributed by atoms with Gasteiger partial charge in [0.25, 0.3) is 5.91 Å². The molecule has 0 saturated carbocycles. The molecule has 0 aliphatic carbocycles. The normalized spacial score (nSPS) is 13.7. The summed E-state index contributed by atoms with van der Waals surface area (Å²) < 4.78 is 6.47. The number of hydrogen-bond donors (Lipinski definition) is 1. The van der Waals surface area contributed by atoms with Crippen molar-refractivity contribution in [2.75, 3.05) is 29.9 Å². The van der Waals surface area contributed by atoms with E-state index in [1.807, 2.05) is 48.5 Å². The maximum absolute atomic E-state index is 12.4. The van der Waals surface area contributed by atoms with E-state index in [2.05, 4.69) is 31.1 Å². The van der Waals surface area contributed by atoms with E-state index in [1.54, 1.807) is 0 Å². The van der Waals surface area contributed by atoms with E-state index in [0.717, 1.165) is 47.3 Å². The van der Waals surface area contributed by atoms with Crippen molar-refractivity contribution in [3.8, 4) is 5.75 Å². The number of carbonyl (C=O) groups is 1. The molecule has 1 fully saturated rings. The number of para-hydroxylation sites is 2. The van der Waals surface area contributed by atoms with Crippen LogP contribution in [-0.4, -0.2) is 35.6 Å². The van der Waals surface area contributed by atoms with Crippen LogP contribution in [0.15, 0.2) is 53.0 Å². The van der Waals surface area contributed by atoms with E-state index >= 15 is 0 Å². The standard InChI is InChI=1S/C20H19BrN4O2/c21-14-6-5-7-15(12-14)27-13-18(26)24-19-20(25-10-3-4-11-25)23-17-9-2-1-8-16(17)22-19/h1-2,5-9,12H,3-4,10-11,13H2,(H,22,24,26). The summed E-state index contributed by atoms with van der Waals surface area (Å²) in [6, 6.07) is 15.1. The largest absolute Gasteiger partial charge is 0.484 e. The first-order chi connectivity index (χ1) is 13.2. The van der Waals surface area contributed by atoms with E-state index in [9.17, 15) is 4.79 Å². The Labute approximate surface area is 165 Å². The fourth-order valence-corrected chi connectivity index (χ4v) is 3.48. The second-order valence-electron chi connectivity index (χ2n) is 6.37. The Balaban J connectivity index is 1.54. The van der Waals surface area contributed by atoms with Crippen molar-refractivity contribution in [3.63, 3.8) is 0 Å². The summed E-state index contributed by atoms with van der Waals surface area (Å²) >= 11 is 3.39. The van der Waals surface area contributed by atoms with Gasteiger partial charge in [0.15, 0.2) is 18.2 Å². The lowest BCUT2D eigenvalue weighted by Gasteiger charge is -2.20. The third kappa shape index (κ3) is 4.19. The van der Waals surface area contributed by atoms with Crippen LogP contribution in [0.5, 0.6) is 5.75 Å². The summed E-state index contributed by atoms with van der Waals surface area (Å²) in [4.78, 5) is 24.0. The highest BCUT2D eigenvalue weighted by Crippen LogP contribution is 2.27. The summed E-state index contributed by atoms with van der Waals surface area (Å²) in [6.07, 6.45) is 2.24. The molecule has 2 aromatic carbocycles. The lowest BCUT2D eigenvalue weighted by Crippen LogP contribution is -2.25. The molecule has 4 rings (SSSR count). The fraction of sp³-hybridized carbons (Fsp3) is 0.250. The van der Waals surface area contributed by atoms with E-state index in [4.69, 9.17) is 9.72 Å². The molecule has 1 aliphatic rings. The Morgan fingerprint density at radius 3 is 2.56 bits per heavy atom. The van der Waals surface area contributed by atoms with Crippen LogP contribution < -0.4 is 15.0 Å². The molecule has 0 spiro atoms. The molecule has 6 nitrogen and oxygen atoms in total. The molecule has 1 aliphatic heterocycles. The van der Waals surface area contributed by atoms with Gasteiger partial charge in [-0.15, -0.1) is 0 Å². The highest BCUT2D eigenvalue weighted by atomic mass is 79.9. The quantitative estimate of drug-likeness (QED) is 0.667.